The molecule has 3 heteroatoms. The van der Waals surface area contributed by atoms with Crippen LogP contribution in [0.2, 0.25) is 0 Å². The van der Waals surface area contributed by atoms with Crippen LogP contribution >= 0.6 is 0 Å². The second-order valence-electron chi connectivity index (χ2n) is 6.17. The van der Waals surface area contributed by atoms with Crippen molar-refractivity contribution in [1.29, 1.82) is 0 Å². The number of rotatable bonds is 2. The fourth-order valence-corrected chi connectivity index (χ4v) is 3.22. The van der Waals surface area contributed by atoms with E-state index >= 15 is 0 Å². The normalized spacial score (nSPS) is 19.2. The van der Waals surface area contributed by atoms with Crippen LogP contribution in [-0.2, 0) is 5.54 Å². The van der Waals surface area contributed by atoms with Crippen molar-refractivity contribution in [2.45, 2.75) is 57.5 Å². The van der Waals surface area contributed by atoms with Crippen molar-refractivity contribution >= 4 is 11.0 Å². The predicted octanol–water partition coefficient (Wildman–Crippen LogP) is 3.74. The lowest BCUT2D eigenvalue weighted by Crippen LogP contribution is -2.38. The number of nitrogens with two attached hydrogens (primary N) is 1. The van der Waals surface area contributed by atoms with Gasteiger partial charge in [-0.2, -0.15) is 0 Å². The number of imidazole rings is 1. The minimum absolute atomic E-state index is 0.131. The van der Waals surface area contributed by atoms with Gasteiger partial charge in [-0.1, -0.05) is 25.3 Å². The zero-order chi connectivity index (χ0) is 13.5. The van der Waals surface area contributed by atoms with Crippen LogP contribution in [-0.4, -0.2) is 9.55 Å². The summed E-state index contributed by atoms with van der Waals surface area (Å²) in [7, 11) is 0. The maximum atomic E-state index is 6.60. The Morgan fingerprint density at radius 2 is 1.95 bits per heavy atom. The van der Waals surface area contributed by atoms with Gasteiger partial charge >= 0.3 is 0 Å². The topological polar surface area (TPSA) is 43.8 Å². The molecule has 2 N–H and O–H groups in total. The number of benzene rings is 1. The Balaban J connectivity index is 2.02. The first kappa shape index (κ1) is 12.7. The standard InChI is InChI=1S/C16H23N3/c1-12(2)19-11-18-14-10-13(6-7-15(14)19)16(17)8-4-3-5-9-16/h6-7,10-12H,3-5,8-9,17H2,1-2H3. The first-order chi connectivity index (χ1) is 9.10. The summed E-state index contributed by atoms with van der Waals surface area (Å²) in [5.41, 5.74) is 10.0. The zero-order valence-electron chi connectivity index (χ0n) is 11.9. The molecule has 1 aliphatic carbocycles. The van der Waals surface area contributed by atoms with Crippen molar-refractivity contribution in [3.8, 4) is 0 Å². The molecule has 0 radical (unpaired) electrons. The third-order valence-corrected chi connectivity index (χ3v) is 4.45. The molecule has 2 aromatic rings. The Bertz CT molecular complexity index is 577. The second kappa shape index (κ2) is 4.64. The van der Waals surface area contributed by atoms with Crippen LogP contribution in [0.15, 0.2) is 24.5 Å². The van der Waals surface area contributed by atoms with E-state index < -0.39 is 0 Å². The SMILES string of the molecule is CC(C)n1cnc2cc(C3(N)CCCCC3)ccc21. The molecule has 0 atom stereocenters. The smallest absolute Gasteiger partial charge is 0.0960 e. The molecular weight excluding hydrogens is 234 g/mol. The van der Waals surface area contributed by atoms with Crippen LogP contribution in [0.1, 0.15) is 57.6 Å². The monoisotopic (exact) mass is 257 g/mol. The van der Waals surface area contributed by atoms with Gasteiger partial charge in [0.2, 0.25) is 0 Å². The van der Waals surface area contributed by atoms with Crippen molar-refractivity contribution < 1.29 is 0 Å². The number of hydrogen-bond acceptors (Lipinski definition) is 2. The van der Waals surface area contributed by atoms with Crippen molar-refractivity contribution in [1.82, 2.24) is 9.55 Å². The Morgan fingerprint density at radius 3 is 2.63 bits per heavy atom. The summed E-state index contributed by atoms with van der Waals surface area (Å²) >= 11 is 0. The lowest BCUT2D eigenvalue weighted by Gasteiger charge is -2.34. The fraction of sp³-hybridized carbons (Fsp3) is 0.562. The first-order valence-corrected chi connectivity index (χ1v) is 7.36. The summed E-state index contributed by atoms with van der Waals surface area (Å²) in [5, 5.41) is 0. The van der Waals surface area contributed by atoms with E-state index in [4.69, 9.17) is 5.73 Å². The van der Waals surface area contributed by atoms with E-state index in [0.29, 0.717) is 6.04 Å². The predicted molar refractivity (Wildman–Crippen MR) is 79.1 cm³/mol. The van der Waals surface area contributed by atoms with Crippen LogP contribution in [0.4, 0.5) is 0 Å². The highest BCUT2D eigenvalue weighted by Crippen LogP contribution is 2.35. The van der Waals surface area contributed by atoms with Gasteiger partial charge in [0.05, 0.1) is 17.4 Å². The molecule has 0 saturated heterocycles. The summed E-state index contributed by atoms with van der Waals surface area (Å²) < 4.78 is 2.21. The van der Waals surface area contributed by atoms with Gasteiger partial charge in [-0.3, -0.25) is 0 Å². The van der Waals surface area contributed by atoms with E-state index in [1.54, 1.807) is 0 Å². The van der Waals surface area contributed by atoms with Gasteiger partial charge in [-0.15, -0.1) is 0 Å². The molecule has 1 aromatic carbocycles. The number of aromatic nitrogens is 2. The maximum Gasteiger partial charge on any atom is 0.0960 e. The molecule has 0 aliphatic heterocycles. The second-order valence-corrected chi connectivity index (χ2v) is 6.17. The molecule has 1 aromatic heterocycles. The Kier molecular flexibility index (Phi) is 3.09. The van der Waals surface area contributed by atoms with E-state index in [-0.39, 0.29) is 5.54 Å². The van der Waals surface area contributed by atoms with Gasteiger partial charge in [-0.25, -0.2) is 4.98 Å². The van der Waals surface area contributed by atoms with Crippen LogP contribution in [0.3, 0.4) is 0 Å². The van der Waals surface area contributed by atoms with Crippen LogP contribution in [0.25, 0.3) is 11.0 Å². The highest BCUT2D eigenvalue weighted by molar-refractivity contribution is 5.76. The summed E-state index contributed by atoms with van der Waals surface area (Å²) in [4.78, 5) is 4.53. The van der Waals surface area contributed by atoms with Crippen LogP contribution in [0.5, 0.6) is 0 Å². The summed E-state index contributed by atoms with van der Waals surface area (Å²) in [6.45, 7) is 4.36. The molecule has 0 unspecified atom stereocenters. The zero-order valence-corrected chi connectivity index (χ0v) is 11.9. The quantitative estimate of drug-likeness (QED) is 0.890. The minimum Gasteiger partial charge on any atom is -0.328 e. The molecule has 102 valence electrons. The van der Waals surface area contributed by atoms with E-state index in [2.05, 4.69) is 41.6 Å². The van der Waals surface area contributed by atoms with Gasteiger partial charge in [0, 0.05) is 11.6 Å². The number of hydrogen-bond donors (Lipinski definition) is 1. The molecule has 0 spiro atoms. The molecule has 3 rings (SSSR count). The Morgan fingerprint density at radius 1 is 1.21 bits per heavy atom. The van der Waals surface area contributed by atoms with E-state index in [0.717, 1.165) is 18.4 Å². The van der Waals surface area contributed by atoms with Gasteiger partial charge < -0.3 is 10.3 Å². The lowest BCUT2D eigenvalue weighted by molar-refractivity contribution is 0.302. The van der Waals surface area contributed by atoms with Crippen LogP contribution < -0.4 is 5.73 Å². The molecule has 0 bridgehead atoms. The van der Waals surface area contributed by atoms with Gasteiger partial charge in [0.15, 0.2) is 0 Å². The molecule has 1 fully saturated rings. The van der Waals surface area contributed by atoms with E-state index in [1.165, 1.54) is 30.3 Å². The van der Waals surface area contributed by atoms with Crippen molar-refractivity contribution in [3.05, 3.63) is 30.1 Å². The van der Waals surface area contributed by atoms with Crippen molar-refractivity contribution in [2.75, 3.05) is 0 Å². The third kappa shape index (κ3) is 2.16. The van der Waals surface area contributed by atoms with Crippen molar-refractivity contribution in [2.24, 2.45) is 5.73 Å². The number of nitrogens with zero attached hydrogens (tertiary/aromatic N) is 2. The lowest BCUT2D eigenvalue weighted by atomic mass is 9.77. The molecule has 1 aliphatic rings. The van der Waals surface area contributed by atoms with Crippen LogP contribution in [0, 0.1) is 0 Å². The average Bonchev–Trinajstić information content (AvgIpc) is 2.82. The molecule has 0 amide bonds. The summed E-state index contributed by atoms with van der Waals surface area (Å²) in [6, 6.07) is 7.02. The maximum absolute atomic E-state index is 6.60. The molecule has 1 heterocycles. The fourth-order valence-electron chi connectivity index (χ4n) is 3.22. The van der Waals surface area contributed by atoms with Gasteiger partial charge in [0.1, 0.15) is 0 Å². The Labute approximate surface area is 114 Å². The first-order valence-electron chi connectivity index (χ1n) is 7.36. The third-order valence-electron chi connectivity index (χ3n) is 4.45. The summed E-state index contributed by atoms with van der Waals surface area (Å²) in [5.74, 6) is 0. The molecular formula is C16H23N3. The highest BCUT2D eigenvalue weighted by atomic mass is 15.1. The van der Waals surface area contributed by atoms with Gasteiger partial charge in [0.25, 0.3) is 0 Å². The Hall–Kier alpha value is -1.35. The molecule has 1 saturated carbocycles. The summed E-state index contributed by atoms with van der Waals surface area (Å²) in [6.07, 6.45) is 7.95. The highest BCUT2D eigenvalue weighted by Gasteiger charge is 2.29. The minimum atomic E-state index is -0.131. The molecule has 19 heavy (non-hydrogen) atoms. The molecule has 3 nitrogen and oxygen atoms in total. The van der Waals surface area contributed by atoms with E-state index in [1.807, 2.05) is 6.33 Å². The average molecular weight is 257 g/mol. The van der Waals surface area contributed by atoms with Crippen molar-refractivity contribution in [3.63, 3.8) is 0 Å². The largest absolute Gasteiger partial charge is 0.328 e. The van der Waals surface area contributed by atoms with Gasteiger partial charge in [-0.05, 0) is 44.4 Å². The van der Waals surface area contributed by atoms with E-state index in [9.17, 15) is 0 Å². The number of fused-ring (bicyclic) bond motifs is 1.